The topological polar surface area (TPSA) is 12.0 Å². The van der Waals surface area contributed by atoms with Gasteiger partial charge in [0.05, 0.1) is 0 Å². The van der Waals surface area contributed by atoms with E-state index < -0.39 is 11.6 Å². The van der Waals surface area contributed by atoms with Crippen molar-refractivity contribution in [1.82, 2.24) is 5.32 Å². The molecule has 2 aromatic carbocycles. The van der Waals surface area contributed by atoms with E-state index in [1.807, 2.05) is 23.9 Å². The van der Waals surface area contributed by atoms with Crippen molar-refractivity contribution in [2.45, 2.75) is 18.3 Å². The summed E-state index contributed by atoms with van der Waals surface area (Å²) >= 11 is 1.87. The minimum Gasteiger partial charge on any atom is -0.305 e. The number of thioether (sulfide) groups is 1. The normalized spacial score (nSPS) is 17.8. The Hall–Kier alpha value is -1.39. The van der Waals surface area contributed by atoms with Crippen molar-refractivity contribution in [3.63, 3.8) is 0 Å². The summed E-state index contributed by atoms with van der Waals surface area (Å²) in [5.41, 5.74) is 3.12. The Balaban J connectivity index is 1.73. The molecule has 2 aromatic rings. The van der Waals surface area contributed by atoms with E-state index in [2.05, 4.69) is 17.4 Å². The first kappa shape index (κ1) is 13.6. The lowest BCUT2D eigenvalue weighted by molar-refractivity contribution is 0.534. The van der Waals surface area contributed by atoms with Gasteiger partial charge in [-0.3, -0.25) is 0 Å². The molecule has 104 valence electrons. The summed E-state index contributed by atoms with van der Waals surface area (Å²) in [5.74, 6) is 0.970. The molecule has 0 bridgehead atoms. The van der Waals surface area contributed by atoms with Gasteiger partial charge in [-0.25, -0.2) is 8.78 Å². The molecule has 1 aliphatic rings. The number of benzene rings is 2. The number of hydrogen-bond acceptors (Lipinski definition) is 2. The summed E-state index contributed by atoms with van der Waals surface area (Å²) in [6.07, 6.45) is 0. The molecule has 1 nitrogen and oxygen atoms in total. The Kier molecular flexibility index (Phi) is 4.03. The molecule has 0 radical (unpaired) electrons. The molecule has 4 heteroatoms. The third kappa shape index (κ3) is 2.86. The predicted molar refractivity (Wildman–Crippen MR) is 78.5 cm³/mol. The van der Waals surface area contributed by atoms with E-state index in [9.17, 15) is 8.78 Å². The van der Waals surface area contributed by atoms with Crippen molar-refractivity contribution in [3.05, 3.63) is 70.8 Å². The van der Waals surface area contributed by atoms with Crippen LogP contribution in [0.3, 0.4) is 0 Å². The van der Waals surface area contributed by atoms with Gasteiger partial charge in [-0.1, -0.05) is 30.3 Å². The molecule has 0 saturated heterocycles. The van der Waals surface area contributed by atoms with Gasteiger partial charge in [0.2, 0.25) is 0 Å². The van der Waals surface area contributed by atoms with Crippen LogP contribution in [-0.4, -0.2) is 5.75 Å². The Labute approximate surface area is 121 Å². The Morgan fingerprint density at radius 2 is 2.00 bits per heavy atom. The molecule has 0 saturated carbocycles. The first-order valence-electron chi connectivity index (χ1n) is 6.57. The van der Waals surface area contributed by atoms with Gasteiger partial charge in [-0.2, -0.15) is 11.8 Å². The molecule has 0 aromatic heterocycles. The van der Waals surface area contributed by atoms with E-state index in [1.165, 1.54) is 23.3 Å². The van der Waals surface area contributed by atoms with E-state index >= 15 is 0 Å². The van der Waals surface area contributed by atoms with Crippen LogP contribution < -0.4 is 5.32 Å². The maximum absolute atomic E-state index is 13.6. The van der Waals surface area contributed by atoms with E-state index in [0.29, 0.717) is 12.1 Å². The maximum Gasteiger partial charge on any atom is 0.130 e. The summed E-state index contributed by atoms with van der Waals surface area (Å²) in [7, 11) is 0. The molecule has 0 aliphatic carbocycles. The van der Waals surface area contributed by atoms with Gasteiger partial charge in [0.1, 0.15) is 11.6 Å². The summed E-state index contributed by atoms with van der Waals surface area (Å²) in [6.45, 7) is 0.408. The summed E-state index contributed by atoms with van der Waals surface area (Å²) < 4.78 is 26.5. The van der Waals surface area contributed by atoms with E-state index in [0.717, 1.165) is 17.6 Å². The highest BCUT2D eigenvalue weighted by Crippen LogP contribution is 2.31. The SMILES string of the molecule is Fc1ccc(CNC2CSCc3ccccc32)c(F)c1. The standard InChI is InChI=1S/C16H15F2NS/c17-13-6-5-11(15(18)7-13)8-19-16-10-20-9-12-3-1-2-4-14(12)16/h1-7,16,19H,8-10H2. The molecule has 0 fully saturated rings. The number of nitrogens with one attached hydrogen (secondary N) is 1. The third-order valence-corrected chi connectivity index (χ3v) is 4.61. The van der Waals surface area contributed by atoms with Crippen molar-refractivity contribution < 1.29 is 8.78 Å². The van der Waals surface area contributed by atoms with Crippen LogP contribution in [0.25, 0.3) is 0 Å². The van der Waals surface area contributed by atoms with Crippen LogP contribution in [0.1, 0.15) is 22.7 Å². The van der Waals surface area contributed by atoms with Crippen LogP contribution in [0, 0.1) is 11.6 Å². The van der Waals surface area contributed by atoms with Gasteiger partial charge < -0.3 is 5.32 Å². The Bertz CT molecular complexity index is 615. The van der Waals surface area contributed by atoms with Gasteiger partial charge in [0, 0.05) is 35.7 Å². The van der Waals surface area contributed by atoms with Crippen LogP contribution in [-0.2, 0) is 12.3 Å². The molecule has 1 heterocycles. The fraction of sp³-hybridized carbons (Fsp3) is 0.250. The minimum atomic E-state index is -0.537. The van der Waals surface area contributed by atoms with Crippen LogP contribution in [0.5, 0.6) is 0 Å². The van der Waals surface area contributed by atoms with E-state index in [4.69, 9.17) is 0 Å². The molecule has 1 unspecified atom stereocenters. The second-order valence-electron chi connectivity index (χ2n) is 4.88. The van der Waals surface area contributed by atoms with Gasteiger partial charge in [0.15, 0.2) is 0 Å². The fourth-order valence-electron chi connectivity index (χ4n) is 2.45. The first-order valence-corrected chi connectivity index (χ1v) is 7.72. The van der Waals surface area contributed by atoms with Gasteiger partial charge in [-0.05, 0) is 17.2 Å². The molecule has 3 rings (SSSR count). The molecular formula is C16H15F2NS. The molecule has 0 amide bonds. The summed E-state index contributed by atoms with van der Waals surface area (Å²) in [6, 6.07) is 12.3. The van der Waals surface area contributed by atoms with Crippen LogP contribution in [0.2, 0.25) is 0 Å². The lowest BCUT2D eigenvalue weighted by Gasteiger charge is -2.26. The first-order chi connectivity index (χ1) is 9.74. The third-order valence-electron chi connectivity index (χ3n) is 3.53. The largest absolute Gasteiger partial charge is 0.305 e. The maximum atomic E-state index is 13.6. The van der Waals surface area contributed by atoms with E-state index in [1.54, 1.807) is 0 Å². The molecule has 20 heavy (non-hydrogen) atoms. The second-order valence-corrected chi connectivity index (χ2v) is 5.91. The second kappa shape index (κ2) is 5.94. The average molecular weight is 291 g/mol. The zero-order valence-corrected chi connectivity index (χ0v) is 11.7. The quantitative estimate of drug-likeness (QED) is 0.916. The number of halogens is 2. The number of rotatable bonds is 3. The van der Waals surface area contributed by atoms with Crippen molar-refractivity contribution in [2.24, 2.45) is 0 Å². The van der Waals surface area contributed by atoms with Crippen LogP contribution in [0.4, 0.5) is 8.78 Å². The molecular weight excluding hydrogens is 276 g/mol. The van der Waals surface area contributed by atoms with Gasteiger partial charge >= 0.3 is 0 Å². The highest BCUT2D eigenvalue weighted by molar-refractivity contribution is 7.98. The summed E-state index contributed by atoms with van der Waals surface area (Å²) in [5, 5.41) is 3.37. The number of hydrogen-bond donors (Lipinski definition) is 1. The van der Waals surface area contributed by atoms with Crippen LogP contribution >= 0.6 is 11.8 Å². The Morgan fingerprint density at radius 3 is 2.85 bits per heavy atom. The predicted octanol–water partition coefficient (Wildman–Crippen LogP) is 4.04. The van der Waals surface area contributed by atoms with Crippen LogP contribution in [0.15, 0.2) is 42.5 Å². The smallest absolute Gasteiger partial charge is 0.130 e. The zero-order valence-electron chi connectivity index (χ0n) is 10.9. The lowest BCUT2D eigenvalue weighted by atomic mass is 10.0. The van der Waals surface area contributed by atoms with Crippen molar-refractivity contribution in [3.8, 4) is 0 Å². The highest BCUT2D eigenvalue weighted by atomic mass is 32.2. The van der Waals surface area contributed by atoms with Crippen molar-refractivity contribution in [1.29, 1.82) is 0 Å². The van der Waals surface area contributed by atoms with E-state index in [-0.39, 0.29) is 6.04 Å². The van der Waals surface area contributed by atoms with Gasteiger partial charge in [-0.15, -0.1) is 0 Å². The average Bonchev–Trinajstić information content (AvgIpc) is 2.46. The lowest BCUT2D eigenvalue weighted by Crippen LogP contribution is -2.26. The molecule has 1 atom stereocenters. The zero-order chi connectivity index (χ0) is 13.9. The van der Waals surface area contributed by atoms with Crippen molar-refractivity contribution in [2.75, 3.05) is 5.75 Å². The molecule has 1 N–H and O–H groups in total. The van der Waals surface area contributed by atoms with Gasteiger partial charge in [0.25, 0.3) is 0 Å². The molecule has 0 spiro atoms. The Morgan fingerprint density at radius 1 is 1.15 bits per heavy atom. The fourth-order valence-corrected chi connectivity index (χ4v) is 3.58. The number of fused-ring (bicyclic) bond motifs is 1. The summed E-state index contributed by atoms with van der Waals surface area (Å²) in [4.78, 5) is 0. The minimum absolute atomic E-state index is 0.217. The monoisotopic (exact) mass is 291 g/mol. The molecule has 1 aliphatic heterocycles. The highest BCUT2D eigenvalue weighted by Gasteiger charge is 2.19. The van der Waals surface area contributed by atoms with Crippen molar-refractivity contribution >= 4 is 11.8 Å².